The lowest BCUT2D eigenvalue weighted by atomic mass is 10.3. The minimum Gasteiger partial charge on any atom is -0.483 e. The highest BCUT2D eigenvalue weighted by molar-refractivity contribution is 9.11. The summed E-state index contributed by atoms with van der Waals surface area (Å²) in [5.41, 5.74) is 0. The summed E-state index contributed by atoms with van der Waals surface area (Å²) in [4.78, 5) is 4.17. The fourth-order valence-electron chi connectivity index (χ4n) is 1.25. The van der Waals surface area contributed by atoms with Crippen LogP contribution in [0.3, 0.4) is 0 Å². The second-order valence-electron chi connectivity index (χ2n) is 3.30. The van der Waals surface area contributed by atoms with Crippen LogP contribution in [-0.4, -0.2) is 10.1 Å². The van der Waals surface area contributed by atoms with Crippen LogP contribution in [0.25, 0.3) is 0 Å². The van der Waals surface area contributed by atoms with Gasteiger partial charge in [0.05, 0.1) is 8.95 Å². The molecule has 2 aromatic rings. The highest BCUT2D eigenvalue weighted by Crippen LogP contribution is 2.33. The van der Waals surface area contributed by atoms with Gasteiger partial charge in [0.15, 0.2) is 6.61 Å². The fraction of sp³-hybridized carbons (Fsp3) is 0.273. The molecule has 0 N–H and O–H groups in total. The smallest absolute Gasteiger partial charge is 0.226 e. The zero-order valence-corrected chi connectivity index (χ0v) is 12.3. The van der Waals surface area contributed by atoms with E-state index in [9.17, 15) is 0 Å². The van der Waals surface area contributed by atoms with E-state index in [0.29, 0.717) is 11.7 Å². The first-order valence-corrected chi connectivity index (χ1v) is 6.67. The van der Waals surface area contributed by atoms with Crippen molar-refractivity contribution in [1.29, 1.82) is 0 Å². The molecule has 0 aliphatic carbocycles. The highest BCUT2D eigenvalue weighted by Gasteiger charge is 2.09. The van der Waals surface area contributed by atoms with E-state index in [2.05, 4.69) is 42.0 Å². The van der Waals surface area contributed by atoms with Crippen LogP contribution < -0.4 is 4.74 Å². The number of rotatable bonds is 4. The molecule has 0 bridgehead atoms. The molecule has 0 unspecified atom stereocenters. The molecule has 0 saturated heterocycles. The molecule has 1 heterocycles. The molecule has 1 aromatic heterocycles. The van der Waals surface area contributed by atoms with Crippen molar-refractivity contribution >= 4 is 31.9 Å². The van der Waals surface area contributed by atoms with Gasteiger partial charge in [-0.05, 0) is 44.0 Å². The Morgan fingerprint density at radius 1 is 1.29 bits per heavy atom. The molecule has 2 rings (SSSR count). The highest BCUT2D eigenvalue weighted by atomic mass is 79.9. The number of ether oxygens (including phenoxy) is 1. The van der Waals surface area contributed by atoms with Gasteiger partial charge in [-0.15, -0.1) is 0 Å². The molecule has 0 fully saturated rings. The van der Waals surface area contributed by atoms with Gasteiger partial charge < -0.3 is 9.26 Å². The van der Waals surface area contributed by atoms with Crippen LogP contribution in [0.1, 0.15) is 18.6 Å². The summed E-state index contributed by atoms with van der Waals surface area (Å²) in [6, 6.07) is 5.74. The number of aryl methyl sites for hydroxylation is 1. The molecule has 0 radical (unpaired) electrons. The molecule has 0 aliphatic heterocycles. The van der Waals surface area contributed by atoms with Crippen molar-refractivity contribution in [2.75, 3.05) is 0 Å². The molecule has 90 valence electrons. The van der Waals surface area contributed by atoms with Crippen molar-refractivity contribution < 1.29 is 9.26 Å². The second kappa shape index (κ2) is 5.64. The van der Waals surface area contributed by atoms with Gasteiger partial charge in [-0.2, -0.15) is 4.98 Å². The summed E-state index contributed by atoms with van der Waals surface area (Å²) in [5, 5.41) is 3.82. The predicted molar refractivity (Wildman–Crippen MR) is 69.9 cm³/mol. The number of nitrogens with zero attached hydrogens (tertiary/aromatic N) is 2. The Balaban J connectivity index is 2.07. The van der Waals surface area contributed by atoms with Crippen molar-refractivity contribution in [2.24, 2.45) is 0 Å². The Bertz CT molecular complexity index is 494. The van der Waals surface area contributed by atoms with E-state index in [1.54, 1.807) is 0 Å². The van der Waals surface area contributed by atoms with Crippen LogP contribution in [0, 0.1) is 0 Å². The minimum atomic E-state index is 0.282. The van der Waals surface area contributed by atoms with Gasteiger partial charge in [-0.3, -0.25) is 0 Å². The van der Waals surface area contributed by atoms with E-state index >= 15 is 0 Å². The molecule has 6 heteroatoms. The van der Waals surface area contributed by atoms with Gasteiger partial charge in [-0.1, -0.05) is 18.1 Å². The lowest BCUT2D eigenvalue weighted by molar-refractivity contribution is 0.282. The molecule has 0 atom stereocenters. The van der Waals surface area contributed by atoms with Gasteiger partial charge in [0.25, 0.3) is 0 Å². The van der Waals surface area contributed by atoms with E-state index < -0.39 is 0 Å². The fourth-order valence-corrected chi connectivity index (χ4v) is 2.48. The summed E-state index contributed by atoms with van der Waals surface area (Å²) >= 11 is 6.84. The topological polar surface area (TPSA) is 48.2 Å². The Morgan fingerprint density at radius 3 is 2.59 bits per heavy atom. The third-order valence-electron chi connectivity index (χ3n) is 2.08. The summed E-state index contributed by atoms with van der Waals surface area (Å²) in [6.45, 7) is 2.24. The Morgan fingerprint density at radius 2 is 2.00 bits per heavy atom. The van der Waals surface area contributed by atoms with E-state index in [-0.39, 0.29) is 6.61 Å². The Hall–Kier alpha value is -0.880. The average Bonchev–Trinajstić information content (AvgIpc) is 2.76. The first kappa shape index (κ1) is 12.6. The van der Waals surface area contributed by atoms with Crippen molar-refractivity contribution in [3.63, 3.8) is 0 Å². The summed E-state index contributed by atoms with van der Waals surface area (Å²) < 4.78 is 12.4. The van der Waals surface area contributed by atoms with Crippen LogP contribution in [0.5, 0.6) is 5.75 Å². The van der Waals surface area contributed by atoms with Gasteiger partial charge >= 0.3 is 0 Å². The molecular weight excluding hydrogens is 352 g/mol. The zero-order valence-electron chi connectivity index (χ0n) is 9.11. The van der Waals surface area contributed by atoms with Gasteiger partial charge in [0.1, 0.15) is 5.75 Å². The van der Waals surface area contributed by atoms with E-state index in [4.69, 9.17) is 9.26 Å². The lowest BCUT2D eigenvalue weighted by Crippen LogP contribution is -1.99. The van der Waals surface area contributed by atoms with Crippen LogP contribution in [0.4, 0.5) is 0 Å². The monoisotopic (exact) mass is 360 g/mol. The molecule has 0 aliphatic rings. The molecule has 0 saturated carbocycles. The van der Waals surface area contributed by atoms with Gasteiger partial charge in [0, 0.05) is 6.42 Å². The standard InChI is InChI=1S/C11H10Br2N2O2/c1-2-10-14-9(15-17-10)6-16-11-7(12)4-3-5-8(11)13/h3-5H,2,6H2,1H3. The SMILES string of the molecule is CCc1nc(COc2c(Br)cccc2Br)no1. The number of hydrogen-bond acceptors (Lipinski definition) is 4. The number of aromatic nitrogens is 2. The van der Waals surface area contributed by atoms with E-state index in [1.807, 2.05) is 25.1 Å². The van der Waals surface area contributed by atoms with E-state index in [0.717, 1.165) is 21.1 Å². The Labute approximate surface area is 116 Å². The largest absolute Gasteiger partial charge is 0.483 e. The van der Waals surface area contributed by atoms with E-state index in [1.165, 1.54) is 0 Å². The number of hydrogen-bond donors (Lipinski definition) is 0. The molecule has 1 aromatic carbocycles. The number of benzene rings is 1. The summed E-state index contributed by atoms with van der Waals surface area (Å²) in [5.74, 6) is 1.90. The number of halogens is 2. The molecule has 0 amide bonds. The van der Waals surface area contributed by atoms with Crippen LogP contribution in [-0.2, 0) is 13.0 Å². The normalized spacial score (nSPS) is 10.5. The molecule has 0 spiro atoms. The first-order valence-electron chi connectivity index (χ1n) is 5.09. The molecular formula is C11H10Br2N2O2. The predicted octanol–water partition coefficient (Wildman–Crippen LogP) is 3.74. The Kier molecular flexibility index (Phi) is 4.17. The van der Waals surface area contributed by atoms with Crippen LogP contribution >= 0.6 is 31.9 Å². The molecule has 4 nitrogen and oxygen atoms in total. The quantitative estimate of drug-likeness (QED) is 0.832. The van der Waals surface area contributed by atoms with Gasteiger partial charge in [0.2, 0.25) is 11.7 Å². The van der Waals surface area contributed by atoms with Crippen molar-refractivity contribution in [1.82, 2.24) is 10.1 Å². The van der Waals surface area contributed by atoms with Crippen molar-refractivity contribution in [3.8, 4) is 5.75 Å². The average molecular weight is 362 g/mol. The summed E-state index contributed by atoms with van der Waals surface area (Å²) in [6.07, 6.45) is 0.728. The molecule has 17 heavy (non-hydrogen) atoms. The third-order valence-corrected chi connectivity index (χ3v) is 3.33. The first-order chi connectivity index (χ1) is 8.20. The maximum Gasteiger partial charge on any atom is 0.226 e. The van der Waals surface area contributed by atoms with Gasteiger partial charge in [-0.25, -0.2) is 0 Å². The van der Waals surface area contributed by atoms with Crippen LogP contribution in [0.15, 0.2) is 31.7 Å². The second-order valence-corrected chi connectivity index (χ2v) is 5.01. The lowest BCUT2D eigenvalue weighted by Gasteiger charge is -2.07. The zero-order chi connectivity index (χ0) is 12.3. The maximum absolute atomic E-state index is 5.63. The number of para-hydroxylation sites is 1. The summed E-state index contributed by atoms with van der Waals surface area (Å²) in [7, 11) is 0. The maximum atomic E-state index is 5.63. The van der Waals surface area contributed by atoms with Crippen molar-refractivity contribution in [2.45, 2.75) is 20.0 Å². The minimum absolute atomic E-state index is 0.282. The van der Waals surface area contributed by atoms with Crippen LogP contribution in [0.2, 0.25) is 0 Å². The third kappa shape index (κ3) is 3.07. The van der Waals surface area contributed by atoms with Crippen molar-refractivity contribution in [3.05, 3.63) is 38.9 Å².